The summed E-state index contributed by atoms with van der Waals surface area (Å²) < 4.78 is 34.7. The van der Waals surface area contributed by atoms with Crippen LogP contribution in [0.2, 0.25) is 5.02 Å². The van der Waals surface area contributed by atoms with Crippen molar-refractivity contribution in [1.82, 2.24) is 0 Å². The Kier molecular flexibility index (Phi) is 5.28. The van der Waals surface area contributed by atoms with Gasteiger partial charge in [-0.1, -0.05) is 11.6 Å². The number of carbonyl (C=O) groups is 1. The lowest BCUT2D eigenvalue weighted by Gasteiger charge is -2.12. The maximum Gasteiger partial charge on any atom is 0.241 e. The first-order valence-electron chi connectivity index (χ1n) is 5.38. The Balaban J connectivity index is 2.64. The highest BCUT2D eigenvalue weighted by Gasteiger charge is 2.17. The van der Waals surface area contributed by atoms with E-state index in [2.05, 4.69) is 5.32 Å². The number of hydrogen-bond acceptors (Lipinski definition) is 4. The molecule has 0 saturated heterocycles. The van der Waals surface area contributed by atoms with Gasteiger partial charge < -0.3 is 11.1 Å². The Hall–Kier alpha value is -1.18. The number of halogens is 2. The van der Waals surface area contributed by atoms with Gasteiger partial charge in [0.05, 0.1) is 22.5 Å². The van der Waals surface area contributed by atoms with Crippen LogP contribution in [0.15, 0.2) is 18.2 Å². The zero-order valence-electron chi connectivity index (χ0n) is 10.2. The predicted octanol–water partition coefficient (Wildman–Crippen LogP) is 1.18. The van der Waals surface area contributed by atoms with Crippen LogP contribution in [0.1, 0.15) is 6.42 Å². The second-order valence-corrected chi connectivity index (χ2v) is 6.81. The summed E-state index contributed by atoms with van der Waals surface area (Å²) in [7, 11) is -3.17. The minimum atomic E-state index is -3.17. The van der Waals surface area contributed by atoms with Crippen LogP contribution in [0.3, 0.4) is 0 Å². The standard InChI is InChI=1S/C11H14ClFN2O3S/c1-19(17,18)5-4-9(14)11(16)15-10-3-2-7(13)6-8(10)12/h2-3,6,9H,4-5,14H2,1H3,(H,15,16). The molecule has 0 heterocycles. The smallest absolute Gasteiger partial charge is 0.241 e. The molecule has 1 aromatic rings. The second kappa shape index (κ2) is 6.31. The maximum atomic E-state index is 12.8. The summed E-state index contributed by atoms with van der Waals surface area (Å²) in [5.74, 6) is -1.28. The van der Waals surface area contributed by atoms with Gasteiger partial charge in [-0.3, -0.25) is 4.79 Å². The molecule has 0 aliphatic rings. The average molecular weight is 309 g/mol. The van der Waals surface area contributed by atoms with E-state index in [4.69, 9.17) is 17.3 Å². The van der Waals surface area contributed by atoms with Crippen molar-refractivity contribution in [2.24, 2.45) is 5.73 Å². The highest BCUT2D eigenvalue weighted by atomic mass is 35.5. The minimum absolute atomic E-state index is 0.00345. The lowest BCUT2D eigenvalue weighted by atomic mass is 10.2. The fourth-order valence-electron chi connectivity index (χ4n) is 1.29. The quantitative estimate of drug-likeness (QED) is 0.855. The molecule has 1 atom stereocenters. The predicted molar refractivity (Wildman–Crippen MR) is 72.3 cm³/mol. The summed E-state index contributed by atoms with van der Waals surface area (Å²) in [4.78, 5) is 11.7. The molecule has 19 heavy (non-hydrogen) atoms. The van der Waals surface area contributed by atoms with Crippen molar-refractivity contribution < 1.29 is 17.6 Å². The molecule has 1 unspecified atom stereocenters. The third-order valence-corrected chi connectivity index (χ3v) is 3.62. The van der Waals surface area contributed by atoms with Crippen LogP contribution in [0.4, 0.5) is 10.1 Å². The van der Waals surface area contributed by atoms with Crippen molar-refractivity contribution in [3.63, 3.8) is 0 Å². The summed E-state index contributed by atoms with van der Waals surface area (Å²) in [5, 5.41) is 2.46. The molecule has 0 aliphatic carbocycles. The Morgan fingerprint density at radius 1 is 1.53 bits per heavy atom. The van der Waals surface area contributed by atoms with E-state index < -0.39 is 27.6 Å². The monoisotopic (exact) mass is 308 g/mol. The molecule has 8 heteroatoms. The van der Waals surface area contributed by atoms with Crippen LogP contribution in [-0.4, -0.2) is 32.4 Å². The molecule has 1 rings (SSSR count). The van der Waals surface area contributed by atoms with Crippen LogP contribution in [0.5, 0.6) is 0 Å². The van der Waals surface area contributed by atoms with Gasteiger partial charge in [-0.25, -0.2) is 12.8 Å². The summed E-state index contributed by atoms with van der Waals surface area (Å²) in [6, 6.07) is 2.53. The number of amides is 1. The molecule has 0 saturated carbocycles. The first kappa shape index (κ1) is 15.9. The van der Waals surface area contributed by atoms with E-state index in [-0.39, 0.29) is 22.9 Å². The van der Waals surface area contributed by atoms with E-state index in [1.165, 1.54) is 6.07 Å². The van der Waals surface area contributed by atoms with Gasteiger partial charge in [0, 0.05) is 6.26 Å². The molecule has 1 amide bonds. The maximum absolute atomic E-state index is 12.8. The second-order valence-electron chi connectivity index (χ2n) is 4.14. The Morgan fingerprint density at radius 2 is 2.16 bits per heavy atom. The Labute approximate surface area is 115 Å². The van der Waals surface area contributed by atoms with E-state index in [9.17, 15) is 17.6 Å². The number of benzene rings is 1. The molecular formula is C11H14ClFN2O3S. The molecule has 3 N–H and O–H groups in total. The average Bonchev–Trinajstić information content (AvgIpc) is 2.28. The van der Waals surface area contributed by atoms with E-state index in [0.29, 0.717) is 0 Å². The van der Waals surface area contributed by atoms with Crippen molar-refractivity contribution in [2.45, 2.75) is 12.5 Å². The van der Waals surface area contributed by atoms with Gasteiger partial charge in [0.15, 0.2) is 0 Å². The van der Waals surface area contributed by atoms with Crippen LogP contribution in [0.25, 0.3) is 0 Å². The third kappa shape index (κ3) is 5.54. The SMILES string of the molecule is CS(=O)(=O)CCC(N)C(=O)Nc1ccc(F)cc1Cl. The first-order chi connectivity index (χ1) is 8.69. The van der Waals surface area contributed by atoms with Crippen molar-refractivity contribution in [3.05, 3.63) is 29.0 Å². The number of nitrogens with one attached hydrogen (secondary N) is 1. The largest absolute Gasteiger partial charge is 0.323 e. The third-order valence-electron chi connectivity index (χ3n) is 2.33. The first-order valence-corrected chi connectivity index (χ1v) is 7.82. The van der Waals surface area contributed by atoms with Crippen molar-refractivity contribution in [1.29, 1.82) is 0 Å². The number of hydrogen-bond donors (Lipinski definition) is 2. The van der Waals surface area contributed by atoms with E-state index in [1.807, 2.05) is 0 Å². The van der Waals surface area contributed by atoms with Crippen molar-refractivity contribution >= 4 is 33.0 Å². The van der Waals surface area contributed by atoms with Crippen LogP contribution in [-0.2, 0) is 14.6 Å². The van der Waals surface area contributed by atoms with Gasteiger partial charge in [-0.05, 0) is 24.6 Å². The van der Waals surface area contributed by atoms with E-state index in [0.717, 1.165) is 18.4 Å². The lowest BCUT2D eigenvalue weighted by Crippen LogP contribution is -2.37. The number of anilines is 1. The van der Waals surface area contributed by atoms with Crippen LogP contribution < -0.4 is 11.1 Å². The zero-order valence-corrected chi connectivity index (χ0v) is 11.8. The van der Waals surface area contributed by atoms with Gasteiger partial charge in [-0.15, -0.1) is 0 Å². The molecule has 0 radical (unpaired) electrons. The van der Waals surface area contributed by atoms with Gasteiger partial charge >= 0.3 is 0 Å². The molecule has 106 valence electrons. The summed E-state index contributed by atoms with van der Waals surface area (Å²) in [5.41, 5.74) is 5.78. The normalized spacial score (nSPS) is 13.1. The summed E-state index contributed by atoms with van der Waals surface area (Å²) >= 11 is 5.74. The molecule has 0 fully saturated rings. The van der Waals surface area contributed by atoms with E-state index in [1.54, 1.807) is 0 Å². The number of carbonyl (C=O) groups excluding carboxylic acids is 1. The molecule has 0 aliphatic heterocycles. The van der Waals surface area contributed by atoms with Gasteiger partial charge in [0.1, 0.15) is 15.7 Å². The Bertz CT molecular complexity index is 577. The molecule has 5 nitrogen and oxygen atoms in total. The molecule has 0 spiro atoms. The van der Waals surface area contributed by atoms with Crippen LogP contribution >= 0.6 is 11.6 Å². The fourth-order valence-corrected chi connectivity index (χ4v) is 2.18. The zero-order chi connectivity index (χ0) is 14.6. The molecule has 1 aromatic carbocycles. The lowest BCUT2D eigenvalue weighted by molar-refractivity contribution is -0.117. The molecule has 0 aromatic heterocycles. The van der Waals surface area contributed by atoms with Gasteiger partial charge in [0.2, 0.25) is 5.91 Å². The van der Waals surface area contributed by atoms with Gasteiger partial charge in [0.25, 0.3) is 0 Å². The van der Waals surface area contributed by atoms with Crippen molar-refractivity contribution in [3.8, 4) is 0 Å². The summed E-state index contributed by atoms with van der Waals surface area (Å²) in [6.07, 6.45) is 1.07. The number of sulfone groups is 1. The highest BCUT2D eigenvalue weighted by Crippen LogP contribution is 2.22. The number of rotatable bonds is 5. The number of nitrogens with two attached hydrogens (primary N) is 1. The minimum Gasteiger partial charge on any atom is -0.323 e. The molecular weight excluding hydrogens is 295 g/mol. The van der Waals surface area contributed by atoms with Crippen molar-refractivity contribution in [2.75, 3.05) is 17.3 Å². The topological polar surface area (TPSA) is 89.3 Å². The molecule has 0 bridgehead atoms. The van der Waals surface area contributed by atoms with Crippen LogP contribution in [0, 0.1) is 5.82 Å². The fraction of sp³-hybridized carbons (Fsp3) is 0.364. The highest BCUT2D eigenvalue weighted by molar-refractivity contribution is 7.90. The van der Waals surface area contributed by atoms with Gasteiger partial charge in [-0.2, -0.15) is 0 Å². The Morgan fingerprint density at radius 3 is 2.68 bits per heavy atom. The summed E-state index contributed by atoms with van der Waals surface area (Å²) in [6.45, 7) is 0. The van der Waals surface area contributed by atoms with E-state index >= 15 is 0 Å².